The summed E-state index contributed by atoms with van der Waals surface area (Å²) in [6.45, 7) is 4.68. The highest BCUT2D eigenvalue weighted by Gasteiger charge is 2.17. The van der Waals surface area contributed by atoms with E-state index in [1.165, 1.54) is 10.6 Å². The number of fused-ring (bicyclic) bond motifs is 1. The van der Waals surface area contributed by atoms with E-state index in [-0.39, 0.29) is 0 Å². The molecule has 2 heterocycles. The molecule has 3 rings (SSSR count). The molecular formula is C15H17N3OS. The summed E-state index contributed by atoms with van der Waals surface area (Å²) in [4.78, 5) is 7.03. The van der Waals surface area contributed by atoms with Crippen LogP contribution in [0.3, 0.4) is 0 Å². The number of nitrogens with two attached hydrogens (primary N) is 1. The molecule has 5 heteroatoms. The summed E-state index contributed by atoms with van der Waals surface area (Å²) in [5.41, 5.74) is 10.2. The van der Waals surface area contributed by atoms with Crippen molar-refractivity contribution in [1.29, 1.82) is 0 Å². The van der Waals surface area contributed by atoms with E-state index in [1.807, 2.05) is 24.3 Å². The van der Waals surface area contributed by atoms with E-state index in [2.05, 4.69) is 18.2 Å². The lowest BCUT2D eigenvalue weighted by Crippen LogP contribution is -2.03. The van der Waals surface area contributed by atoms with Crippen molar-refractivity contribution in [1.82, 2.24) is 9.38 Å². The summed E-state index contributed by atoms with van der Waals surface area (Å²) in [6, 6.07) is 7.93. The van der Waals surface area contributed by atoms with Gasteiger partial charge in [0.1, 0.15) is 5.75 Å². The normalized spacial score (nSPS) is 11.2. The van der Waals surface area contributed by atoms with Crippen LogP contribution < -0.4 is 10.5 Å². The lowest BCUT2D eigenvalue weighted by molar-refractivity contribution is 0.415. The summed E-state index contributed by atoms with van der Waals surface area (Å²) < 4.78 is 7.45. The average Bonchev–Trinajstić information content (AvgIpc) is 2.96. The molecule has 0 bridgehead atoms. The molecule has 0 amide bonds. The molecule has 0 atom stereocenters. The molecule has 4 nitrogen and oxygen atoms in total. The van der Waals surface area contributed by atoms with Crippen LogP contribution in [0.25, 0.3) is 16.2 Å². The molecule has 0 unspecified atom stereocenters. The molecule has 1 aromatic carbocycles. The fraction of sp³-hybridized carbons (Fsp3) is 0.267. The van der Waals surface area contributed by atoms with Crippen molar-refractivity contribution < 1.29 is 4.74 Å². The lowest BCUT2D eigenvalue weighted by Gasteiger charge is -2.05. The number of benzene rings is 1. The fourth-order valence-electron chi connectivity index (χ4n) is 2.40. The average molecular weight is 287 g/mol. The number of aryl methyl sites for hydroxylation is 2. The van der Waals surface area contributed by atoms with Crippen LogP contribution in [0.5, 0.6) is 5.75 Å². The zero-order valence-electron chi connectivity index (χ0n) is 11.8. The number of thiazole rings is 1. The van der Waals surface area contributed by atoms with Crippen molar-refractivity contribution in [3.63, 3.8) is 0 Å². The van der Waals surface area contributed by atoms with Crippen LogP contribution >= 0.6 is 11.3 Å². The fourth-order valence-corrected chi connectivity index (χ4v) is 3.39. The maximum atomic E-state index is 5.96. The van der Waals surface area contributed by atoms with Gasteiger partial charge in [0.25, 0.3) is 0 Å². The van der Waals surface area contributed by atoms with Gasteiger partial charge in [-0.2, -0.15) is 0 Å². The summed E-state index contributed by atoms with van der Waals surface area (Å²) >= 11 is 1.70. The van der Waals surface area contributed by atoms with Gasteiger partial charge in [-0.3, -0.25) is 4.40 Å². The predicted molar refractivity (Wildman–Crippen MR) is 82.4 cm³/mol. The summed E-state index contributed by atoms with van der Waals surface area (Å²) in [7, 11) is 1.67. The molecule has 0 fully saturated rings. The number of aromatic nitrogens is 2. The summed E-state index contributed by atoms with van der Waals surface area (Å²) in [5.74, 6) is 0.828. The first-order valence-corrected chi connectivity index (χ1v) is 7.29. The highest BCUT2D eigenvalue weighted by molar-refractivity contribution is 7.17. The molecule has 0 saturated carbocycles. The Morgan fingerprint density at radius 2 is 2.15 bits per heavy atom. The molecule has 2 aromatic heterocycles. The third kappa shape index (κ3) is 1.90. The van der Waals surface area contributed by atoms with E-state index in [4.69, 9.17) is 15.5 Å². The number of hydrogen-bond donors (Lipinski definition) is 1. The van der Waals surface area contributed by atoms with Crippen molar-refractivity contribution in [3.05, 3.63) is 40.5 Å². The maximum absolute atomic E-state index is 5.96. The van der Waals surface area contributed by atoms with E-state index in [9.17, 15) is 0 Å². The van der Waals surface area contributed by atoms with Gasteiger partial charge in [-0.25, -0.2) is 4.98 Å². The lowest BCUT2D eigenvalue weighted by atomic mass is 10.1. The van der Waals surface area contributed by atoms with Gasteiger partial charge in [0, 0.05) is 22.7 Å². The standard InChI is InChI=1S/C15H17N3OS/c1-9-10(2)20-15-17-14(13(8-16)18(9)15)11-5-4-6-12(7-11)19-3/h4-7H,8,16H2,1-3H3. The summed E-state index contributed by atoms with van der Waals surface area (Å²) in [6.07, 6.45) is 0. The van der Waals surface area contributed by atoms with Crippen LogP contribution in [0.15, 0.2) is 24.3 Å². The van der Waals surface area contributed by atoms with Crippen LogP contribution in [0.2, 0.25) is 0 Å². The Hall–Kier alpha value is -1.85. The van der Waals surface area contributed by atoms with Gasteiger partial charge >= 0.3 is 0 Å². The number of methoxy groups -OCH3 is 1. The van der Waals surface area contributed by atoms with Crippen LogP contribution in [0, 0.1) is 13.8 Å². The molecule has 0 spiro atoms. The van der Waals surface area contributed by atoms with E-state index < -0.39 is 0 Å². The molecule has 3 aromatic rings. The number of imidazole rings is 1. The third-order valence-corrected chi connectivity index (χ3v) is 4.63. The molecule has 0 aliphatic carbocycles. The SMILES string of the molecule is COc1cccc(-c2nc3sc(C)c(C)n3c2CN)c1. The van der Waals surface area contributed by atoms with Crippen LogP contribution in [-0.4, -0.2) is 16.5 Å². The first-order chi connectivity index (χ1) is 9.65. The quantitative estimate of drug-likeness (QED) is 0.805. The van der Waals surface area contributed by atoms with E-state index >= 15 is 0 Å². The highest BCUT2D eigenvalue weighted by Crippen LogP contribution is 2.31. The number of ether oxygens (including phenoxy) is 1. The van der Waals surface area contributed by atoms with Gasteiger partial charge in [-0.1, -0.05) is 12.1 Å². The molecule has 0 aliphatic heterocycles. The molecule has 20 heavy (non-hydrogen) atoms. The van der Waals surface area contributed by atoms with Gasteiger partial charge in [0.05, 0.1) is 18.5 Å². The van der Waals surface area contributed by atoms with Gasteiger partial charge in [0.2, 0.25) is 0 Å². The Bertz CT molecular complexity index is 773. The smallest absolute Gasteiger partial charge is 0.194 e. The topological polar surface area (TPSA) is 52.5 Å². The molecule has 104 valence electrons. The number of hydrogen-bond acceptors (Lipinski definition) is 4. The van der Waals surface area contributed by atoms with E-state index in [1.54, 1.807) is 18.4 Å². The van der Waals surface area contributed by atoms with Gasteiger partial charge < -0.3 is 10.5 Å². The zero-order chi connectivity index (χ0) is 14.3. The number of nitrogens with zero attached hydrogens (tertiary/aromatic N) is 2. The van der Waals surface area contributed by atoms with Crippen molar-refractivity contribution in [2.75, 3.05) is 7.11 Å². The largest absolute Gasteiger partial charge is 0.497 e. The van der Waals surface area contributed by atoms with Gasteiger partial charge in [-0.05, 0) is 26.0 Å². The minimum Gasteiger partial charge on any atom is -0.497 e. The van der Waals surface area contributed by atoms with E-state index in [0.29, 0.717) is 6.54 Å². The number of rotatable bonds is 3. The Balaban J connectivity index is 2.25. The van der Waals surface area contributed by atoms with Gasteiger partial charge in [-0.15, -0.1) is 11.3 Å². The predicted octanol–water partition coefficient (Wildman–Crippen LogP) is 3.15. The first-order valence-electron chi connectivity index (χ1n) is 6.47. The Kier molecular flexibility index (Phi) is 3.23. The second-order valence-electron chi connectivity index (χ2n) is 4.70. The van der Waals surface area contributed by atoms with Gasteiger partial charge in [0.15, 0.2) is 4.96 Å². The monoisotopic (exact) mass is 287 g/mol. The minimum absolute atomic E-state index is 0.463. The Labute approximate surface area is 121 Å². The second kappa shape index (κ2) is 4.92. The van der Waals surface area contributed by atoms with Crippen molar-refractivity contribution in [3.8, 4) is 17.0 Å². The minimum atomic E-state index is 0.463. The van der Waals surface area contributed by atoms with Crippen LogP contribution in [0.1, 0.15) is 16.3 Å². The molecule has 0 aliphatic rings. The zero-order valence-corrected chi connectivity index (χ0v) is 12.6. The van der Waals surface area contributed by atoms with Crippen molar-refractivity contribution >= 4 is 16.3 Å². The Morgan fingerprint density at radius 3 is 2.85 bits per heavy atom. The third-order valence-electron chi connectivity index (χ3n) is 3.57. The first kappa shape index (κ1) is 13.1. The Morgan fingerprint density at radius 1 is 1.35 bits per heavy atom. The maximum Gasteiger partial charge on any atom is 0.194 e. The molecule has 2 N–H and O–H groups in total. The highest BCUT2D eigenvalue weighted by atomic mass is 32.1. The molecule has 0 radical (unpaired) electrons. The molecular weight excluding hydrogens is 270 g/mol. The van der Waals surface area contributed by atoms with Crippen LogP contribution in [0.4, 0.5) is 0 Å². The second-order valence-corrected chi connectivity index (χ2v) is 5.89. The summed E-state index contributed by atoms with van der Waals surface area (Å²) in [5, 5.41) is 0. The van der Waals surface area contributed by atoms with Crippen LogP contribution in [-0.2, 0) is 6.54 Å². The van der Waals surface area contributed by atoms with Crippen molar-refractivity contribution in [2.45, 2.75) is 20.4 Å². The van der Waals surface area contributed by atoms with Crippen molar-refractivity contribution in [2.24, 2.45) is 5.73 Å². The molecule has 0 saturated heterocycles. The van der Waals surface area contributed by atoms with E-state index in [0.717, 1.165) is 27.7 Å².